The summed E-state index contributed by atoms with van der Waals surface area (Å²) in [6.07, 6.45) is -6.89. The number of fused-ring (bicyclic) bond motifs is 1. The van der Waals surface area contributed by atoms with E-state index in [1.807, 2.05) is 0 Å². The third kappa shape index (κ3) is 3.94. The topological polar surface area (TPSA) is 64.5 Å². The van der Waals surface area contributed by atoms with Crippen molar-refractivity contribution in [3.05, 3.63) is 58.9 Å². The van der Waals surface area contributed by atoms with Crippen molar-refractivity contribution in [2.24, 2.45) is 0 Å². The Morgan fingerprint density at radius 1 is 1.47 bits per heavy atom. The number of nitrogens with one attached hydrogen (secondary N) is 1. The van der Waals surface area contributed by atoms with Crippen LogP contribution in [0.4, 0.5) is 5.69 Å². The molecular weight excluding hydrogens is 376 g/mol. The average molecular weight is 411 g/mol. The molecule has 0 aliphatic heterocycles. The van der Waals surface area contributed by atoms with Gasteiger partial charge in [0.15, 0.2) is 0 Å². The molecule has 0 bridgehead atoms. The van der Waals surface area contributed by atoms with E-state index in [-0.39, 0.29) is 46.3 Å². The molecule has 1 aromatic heterocycles. The second-order valence-corrected chi connectivity index (χ2v) is 6.74. The Hall–Kier alpha value is -3.17. The maximum atomic E-state index is 8.92. The monoisotopic (exact) mass is 410 g/mol. The smallest absolute Gasteiger partial charge is 0.256 e. The van der Waals surface area contributed by atoms with Crippen molar-refractivity contribution < 1.29 is 20.2 Å². The third-order valence-corrected chi connectivity index (χ3v) is 4.34. The van der Waals surface area contributed by atoms with Gasteiger partial charge in [-0.15, -0.1) is 0 Å². The number of aromatic nitrogens is 2. The Kier molecular flexibility index (Phi) is 3.62. The highest BCUT2D eigenvalue weighted by atomic mass is 16.5. The van der Waals surface area contributed by atoms with Gasteiger partial charge < -0.3 is 14.6 Å². The van der Waals surface area contributed by atoms with Crippen LogP contribution in [-0.2, 0) is 6.37 Å². The summed E-state index contributed by atoms with van der Waals surface area (Å²) in [5.41, 5.74) is 0.366. The SMILES string of the molecule is [2H]C([2H])(CC)N[C@]1([2H])c2cccc(-c3noc(-c4ccc(OC([2H])(C)C)c([N+]#[C-])c4)n3)c2C([2H])([2H])C1([2H])[2H]. The highest BCUT2D eigenvalue weighted by Crippen LogP contribution is 2.38. The van der Waals surface area contributed by atoms with Gasteiger partial charge in [-0.2, -0.15) is 4.98 Å². The zero-order valence-corrected chi connectivity index (χ0v) is 16.8. The van der Waals surface area contributed by atoms with E-state index in [2.05, 4.69) is 20.3 Å². The van der Waals surface area contributed by atoms with Gasteiger partial charge in [0.1, 0.15) is 5.75 Å². The van der Waals surface area contributed by atoms with Gasteiger partial charge in [0, 0.05) is 25.4 Å². The van der Waals surface area contributed by atoms with Crippen LogP contribution in [0.1, 0.15) is 61.7 Å². The number of rotatable bonds is 7. The lowest BCUT2D eigenvalue weighted by Crippen LogP contribution is -2.19. The second kappa shape index (κ2) is 8.68. The number of nitrogens with zero attached hydrogens (tertiary/aromatic N) is 3. The molecule has 1 aliphatic carbocycles. The summed E-state index contributed by atoms with van der Waals surface area (Å²) in [5.74, 6) is 0.167. The average Bonchev–Trinajstić information content (AvgIpc) is 3.35. The molecule has 154 valence electrons. The van der Waals surface area contributed by atoms with Gasteiger partial charge in [-0.1, -0.05) is 30.3 Å². The third-order valence-electron chi connectivity index (χ3n) is 4.34. The summed E-state index contributed by atoms with van der Waals surface area (Å²) in [6.45, 7) is 9.94. The van der Waals surface area contributed by atoms with E-state index >= 15 is 0 Å². The molecule has 0 amide bonds. The van der Waals surface area contributed by atoms with Gasteiger partial charge >= 0.3 is 0 Å². The van der Waals surface area contributed by atoms with Crippen molar-refractivity contribution in [3.8, 4) is 28.6 Å². The molecule has 1 N–H and O–H groups in total. The Balaban J connectivity index is 1.81. The summed E-state index contributed by atoms with van der Waals surface area (Å²) in [5, 5.41) is 6.35. The maximum absolute atomic E-state index is 8.92. The van der Waals surface area contributed by atoms with Crippen molar-refractivity contribution in [2.45, 2.75) is 52.0 Å². The molecule has 1 heterocycles. The standard InChI is InChI=1S/C24H26N4O2/c1-5-13-26-20-11-10-17-18(20)7-6-8-19(17)23-27-24(30-28-23)16-9-12-22(29-15(2)3)21(14-16)25-4/h6-9,12,14-15,20,26H,5,10-11,13H2,1-3H3/t20-/m0/s1/i10D2,11D2,13D2,15D,20D. The van der Waals surface area contributed by atoms with Crippen LogP contribution in [0.5, 0.6) is 5.75 Å². The molecule has 0 radical (unpaired) electrons. The van der Waals surface area contributed by atoms with Crippen LogP contribution in [0.2, 0.25) is 0 Å². The summed E-state index contributed by atoms with van der Waals surface area (Å²) >= 11 is 0. The highest BCUT2D eigenvalue weighted by Gasteiger charge is 2.26. The Morgan fingerprint density at radius 3 is 3.10 bits per heavy atom. The van der Waals surface area contributed by atoms with Crippen molar-refractivity contribution in [3.63, 3.8) is 0 Å². The van der Waals surface area contributed by atoms with Gasteiger partial charge in [0.2, 0.25) is 11.5 Å². The number of hydrogen-bond acceptors (Lipinski definition) is 5. The summed E-state index contributed by atoms with van der Waals surface area (Å²) < 4.78 is 78.4. The molecule has 0 unspecified atom stereocenters. The first-order valence-electron chi connectivity index (χ1n) is 13.5. The quantitative estimate of drug-likeness (QED) is 0.504. The maximum Gasteiger partial charge on any atom is 0.256 e. The highest BCUT2D eigenvalue weighted by molar-refractivity contribution is 5.70. The van der Waals surface area contributed by atoms with Gasteiger partial charge in [0.25, 0.3) is 5.89 Å². The van der Waals surface area contributed by atoms with Crippen LogP contribution >= 0.6 is 0 Å². The van der Waals surface area contributed by atoms with E-state index < -0.39 is 31.3 Å². The van der Waals surface area contributed by atoms with Crippen LogP contribution in [0.15, 0.2) is 40.9 Å². The molecule has 0 saturated heterocycles. The van der Waals surface area contributed by atoms with E-state index in [0.717, 1.165) is 0 Å². The molecule has 0 fully saturated rings. The lowest BCUT2D eigenvalue weighted by atomic mass is 10.0. The first-order chi connectivity index (χ1) is 17.5. The van der Waals surface area contributed by atoms with Crippen LogP contribution in [0.25, 0.3) is 27.7 Å². The number of ether oxygens (including phenoxy) is 1. The van der Waals surface area contributed by atoms with E-state index in [9.17, 15) is 0 Å². The molecule has 3 aromatic rings. The summed E-state index contributed by atoms with van der Waals surface area (Å²) in [7, 11) is 0. The van der Waals surface area contributed by atoms with E-state index in [4.69, 9.17) is 26.8 Å². The van der Waals surface area contributed by atoms with Crippen molar-refractivity contribution >= 4 is 5.69 Å². The van der Waals surface area contributed by atoms with Gasteiger partial charge in [-0.25, -0.2) is 4.85 Å². The summed E-state index contributed by atoms with van der Waals surface area (Å²) in [6, 6.07) is 6.48. The van der Waals surface area contributed by atoms with Gasteiger partial charge in [-0.05, 0) is 68.8 Å². The minimum atomic E-state index is -2.86. The van der Waals surface area contributed by atoms with Gasteiger partial charge in [0.05, 0.1) is 15.4 Å². The van der Waals surface area contributed by atoms with E-state index in [0.29, 0.717) is 5.56 Å². The Labute approximate surface area is 188 Å². The second-order valence-electron chi connectivity index (χ2n) is 6.74. The molecule has 4 rings (SSSR count). The molecule has 0 spiro atoms. The Morgan fingerprint density at radius 2 is 2.33 bits per heavy atom. The molecule has 6 heteroatoms. The zero-order valence-electron chi connectivity index (χ0n) is 24.8. The van der Waals surface area contributed by atoms with Crippen LogP contribution in [0.3, 0.4) is 0 Å². The first-order valence-corrected chi connectivity index (χ1v) is 9.46. The number of hydrogen-bond donors (Lipinski definition) is 1. The Bertz CT molecular complexity index is 1430. The minimum absolute atomic E-state index is 0.0123. The molecular formula is C24H26N4O2. The lowest BCUT2D eigenvalue weighted by molar-refractivity contribution is 0.244. The van der Waals surface area contributed by atoms with E-state index in [1.54, 1.807) is 13.0 Å². The van der Waals surface area contributed by atoms with Crippen molar-refractivity contribution in [2.75, 3.05) is 6.50 Å². The molecule has 30 heavy (non-hydrogen) atoms. The molecule has 1 aliphatic rings. The molecule has 1 atom stereocenters. The first kappa shape index (κ1) is 12.5. The fourth-order valence-electron chi connectivity index (χ4n) is 3.04. The predicted octanol–water partition coefficient (Wildman–Crippen LogP) is 5.73. The zero-order chi connectivity index (χ0) is 28.3. The lowest BCUT2D eigenvalue weighted by Gasteiger charge is -2.13. The van der Waals surface area contributed by atoms with Crippen molar-refractivity contribution in [1.82, 2.24) is 15.5 Å². The number of benzene rings is 2. The normalized spacial score (nSPS) is 25.8. The van der Waals surface area contributed by atoms with Gasteiger partial charge in [-0.3, -0.25) is 0 Å². The van der Waals surface area contributed by atoms with Crippen molar-refractivity contribution in [1.29, 1.82) is 0 Å². The predicted molar refractivity (Wildman–Crippen MR) is 117 cm³/mol. The van der Waals surface area contributed by atoms with Crippen LogP contribution < -0.4 is 10.1 Å². The molecule has 0 saturated carbocycles. The van der Waals surface area contributed by atoms with E-state index in [1.165, 1.54) is 44.2 Å². The largest absolute Gasteiger partial charge is 0.502 e. The fraction of sp³-hybridized carbons (Fsp3) is 0.375. The van der Waals surface area contributed by atoms with Crippen LogP contribution in [-0.4, -0.2) is 22.7 Å². The minimum Gasteiger partial charge on any atom is -0.502 e. The fourth-order valence-corrected chi connectivity index (χ4v) is 3.04. The summed E-state index contributed by atoms with van der Waals surface area (Å²) in [4.78, 5) is 7.80. The molecule has 6 nitrogen and oxygen atoms in total. The molecule has 2 aromatic carbocycles. The van der Waals surface area contributed by atoms with Crippen LogP contribution in [0, 0.1) is 6.57 Å².